The van der Waals surface area contributed by atoms with Crippen LogP contribution >= 0.6 is 15.9 Å². The Kier molecular flexibility index (Phi) is 5.87. The molecule has 2 aromatic carbocycles. The Morgan fingerprint density at radius 3 is 2.28 bits per heavy atom. The van der Waals surface area contributed by atoms with Crippen LogP contribution < -0.4 is 5.32 Å². The molecule has 1 saturated heterocycles. The zero-order chi connectivity index (χ0) is 17.6. The second kappa shape index (κ2) is 8.30. The van der Waals surface area contributed by atoms with Crippen molar-refractivity contribution in [1.29, 1.82) is 0 Å². The quantitative estimate of drug-likeness (QED) is 0.854. The molecule has 0 spiro atoms. The molecule has 0 atom stereocenters. The van der Waals surface area contributed by atoms with Gasteiger partial charge in [-0.2, -0.15) is 0 Å². The molecular weight excluding hydrogens is 380 g/mol. The first-order valence-corrected chi connectivity index (χ1v) is 9.29. The first-order valence-electron chi connectivity index (χ1n) is 8.50. The van der Waals surface area contributed by atoms with E-state index in [1.54, 1.807) is 12.1 Å². The number of carbonyl (C=O) groups excluding carboxylic acids is 2. The molecule has 0 bridgehead atoms. The maximum atomic E-state index is 12.4. The van der Waals surface area contributed by atoms with Crippen LogP contribution in [0.2, 0.25) is 0 Å². The van der Waals surface area contributed by atoms with Crippen molar-refractivity contribution in [3.05, 3.63) is 70.2 Å². The lowest BCUT2D eigenvalue weighted by Gasteiger charge is -2.32. The van der Waals surface area contributed by atoms with Crippen molar-refractivity contribution in [2.24, 2.45) is 0 Å². The van der Waals surface area contributed by atoms with E-state index in [0.29, 0.717) is 25.1 Å². The summed E-state index contributed by atoms with van der Waals surface area (Å²) < 4.78 is 0.953. The summed E-state index contributed by atoms with van der Waals surface area (Å²) in [5.41, 5.74) is 1.70. The maximum absolute atomic E-state index is 12.4. The Balaban J connectivity index is 1.47. The van der Waals surface area contributed by atoms with Gasteiger partial charge in [-0.3, -0.25) is 9.59 Å². The zero-order valence-electron chi connectivity index (χ0n) is 14.0. The minimum absolute atomic E-state index is 0.0541. The van der Waals surface area contributed by atoms with Gasteiger partial charge in [0.15, 0.2) is 0 Å². The lowest BCUT2D eigenvalue weighted by atomic mass is 10.0. The normalized spacial score (nSPS) is 15.0. The molecule has 2 aromatic rings. The molecule has 1 heterocycles. The van der Waals surface area contributed by atoms with Crippen molar-refractivity contribution >= 4 is 27.7 Å². The van der Waals surface area contributed by atoms with Gasteiger partial charge in [-0.25, -0.2) is 0 Å². The molecular formula is C20H21BrN2O2. The summed E-state index contributed by atoms with van der Waals surface area (Å²) >= 11 is 3.37. The van der Waals surface area contributed by atoms with Gasteiger partial charge in [0.25, 0.3) is 5.91 Å². The summed E-state index contributed by atoms with van der Waals surface area (Å²) in [6, 6.07) is 17.3. The molecule has 1 aliphatic heterocycles. The lowest BCUT2D eigenvalue weighted by molar-refractivity contribution is -0.131. The third-order valence-electron chi connectivity index (χ3n) is 4.49. The molecule has 0 unspecified atom stereocenters. The van der Waals surface area contributed by atoms with Crippen LogP contribution in [-0.4, -0.2) is 35.8 Å². The van der Waals surface area contributed by atoms with E-state index in [9.17, 15) is 9.59 Å². The molecule has 4 nitrogen and oxygen atoms in total. The average Bonchev–Trinajstić information content (AvgIpc) is 2.63. The Morgan fingerprint density at radius 1 is 1.00 bits per heavy atom. The van der Waals surface area contributed by atoms with E-state index >= 15 is 0 Å². The van der Waals surface area contributed by atoms with Crippen molar-refractivity contribution in [2.75, 3.05) is 13.1 Å². The molecule has 3 rings (SSSR count). The van der Waals surface area contributed by atoms with Gasteiger partial charge in [0, 0.05) is 29.2 Å². The van der Waals surface area contributed by atoms with Gasteiger partial charge in [-0.1, -0.05) is 46.3 Å². The standard InChI is InChI=1S/C20H21BrN2O2/c21-17-8-6-16(7-9-17)20(25)22-18-10-12-23(13-11-18)19(24)14-15-4-2-1-3-5-15/h1-9,18H,10-14H2,(H,22,25). The van der Waals surface area contributed by atoms with Gasteiger partial charge in [0.05, 0.1) is 6.42 Å². The number of hydrogen-bond acceptors (Lipinski definition) is 2. The van der Waals surface area contributed by atoms with Crippen LogP contribution in [0.3, 0.4) is 0 Å². The maximum Gasteiger partial charge on any atom is 0.251 e. The number of carbonyl (C=O) groups is 2. The van der Waals surface area contributed by atoms with Crippen molar-refractivity contribution in [2.45, 2.75) is 25.3 Å². The van der Waals surface area contributed by atoms with Crippen molar-refractivity contribution in [1.82, 2.24) is 10.2 Å². The fourth-order valence-electron chi connectivity index (χ4n) is 3.03. The van der Waals surface area contributed by atoms with E-state index < -0.39 is 0 Å². The highest BCUT2D eigenvalue weighted by Gasteiger charge is 2.24. The third kappa shape index (κ3) is 4.92. The van der Waals surface area contributed by atoms with Crippen molar-refractivity contribution < 1.29 is 9.59 Å². The zero-order valence-corrected chi connectivity index (χ0v) is 15.5. The number of piperidine rings is 1. The van der Waals surface area contributed by atoms with Crippen LogP contribution in [0.1, 0.15) is 28.8 Å². The monoisotopic (exact) mass is 400 g/mol. The molecule has 1 N–H and O–H groups in total. The first-order chi connectivity index (χ1) is 12.1. The molecule has 0 aliphatic carbocycles. The minimum Gasteiger partial charge on any atom is -0.349 e. The number of nitrogens with one attached hydrogen (secondary N) is 1. The fraction of sp³-hybridized carbons (Fsp3) is 0.300. The molecule has 0 radical (unpaired) electrons. The van der Waals surface area contributed by atoms with Crippen LogP contribution in [-0.2, 0) is 11.2 Å². The minimum atomic E-state index is -0.0541. The Bertz CT molecular complexity index is 723. The van der Waals surface area contributed by atoms with Crippen LogP contribution in [0.25, 0.3) is 0 Å². The van der Waals surface area contributed by atoms with E-state index in [2.05, 4.69) is 21.2 Å². The number of halogens is 1. The molecule has 25 heavy (non-hydrogen) atoms. The number of benzene rings is 2. The smallest absolute Gasteiger partial charge is 0.251 e. The molecule has 0 aromatic heterocycles. The van der Waals surface area contributed by atoms with Crippen molar-refractivity contribution in [3.63, 3.8) is 0 Å². The SMILES string of the molecule is O=C(NC1CCN(C(=O)Cc2ccccc2)CC1)c1ccc(Br)cc1. The highest BCUT2D eigenvalue weighted by Crippen LogP contribution is 2.14. The Hall–Kier alpha value is -2.14. The summed E-state index contributed by atoms with van der Waals surface area (Å²) in [6.07, 6.45) is 2.03. The van der Waals surface area contributed by atoms with Gasteiger partial charge in [0.2, 0.25) is 5.91 Å². The number of amides is 2. The second-order valence-corrected chi connectivity index (χ2v) is 7.21. The van der Waals surface area contributed by atoms with Crippen LogP contribution in [0.15, 0.2) is 59.1 Å². The van der Waals surface area contributed by atoms with E-state index in [-0.39, 0.29) is 17.9 Å². The predicted octanol–water partition coefficient (Wildman–Crippen LogP) is 3.41. The van der Waals surface area contributed by atoms with E-state index in [4.69, 9.17) is 0 Å². The summed E-state index contributed by atoms with van der Waals surface area (Å²) in [7, 11) is 0. The van der Waals surface area contributed by atoms with Crippen LogP contribution in [0, 0.1) is 0 Å². The molecule has 0 saturated carbocycles. The number of nitrogens with zero attached hydrogens (tertiary/aromatic N) is 1. The lowest BCUT2D eigenvalue weighted by Crippen LogP contribution is -2.46. The molecule has 1 fully saturated rings. The Labute approximate surface area is 156 Å². The van der Waals surface area contributed by atoms with Crippen molar-refractivity contribution in [3.8, 4) is 0 Å². The van der Waals surface area contributed by atoms with Gasteiger partial charge in [0.1, 0.15) is 0 Å². The summed E-state index contributed by atoms with van der Waals surface area (Å²) in [5.74, 6) is 0.102. The van der Waals surface area contributed by atoms with Crippen LogP contribution in [0.4, 0.5) is 0 Å². The molecule has 130 valence electrons. The fourth-order valence-corrected chi connectivity index (χ4v) is 3.29. The highest BCUT2D eigenvalue weighted by atomic mass is 79.9. The van der Waals surface area contributed by atoms with Gasteiger partial charge < -0.3 is 10.2 Å². The summed E-state index contributed by atoms with van der Waals surface area (Å²) in [6.45, 7) is 1.38. The molecule has 5 heteroatoms. The predicted molar refractivity (Wildman–Crippen MR) is 101 cm³/mol. The highest BCUT2D eigenvalue weighted by molar-refractivity contribution is 9.10. The van der Waals surface area contributed by atoms with Gasteiger partial charge in [-0.05, 0) is 42.7 Å². The van der Waals surface area contributed by atoms with Gasteiger partial charge >= 0.3 is 0 Å². The first kappa shape index (κ1) is 17.7. The molecule has 2 amide bonds. The van der Waals surface area contributed by atoms with E-state index in [1.165, 1.54) is 0 Å². The summed E-state index contributed by atoms with van der Waals surface area (Å²) in [4.78, 5) is 26.6. The number of likely N-dealkylation sites (tertiary alicyclic amines) is 1. The van der Waals surface area contributed by atoms with E-state index in [1.807, 2.05) is 47.4 Å². The van der Waals surface area contributed by atoms with Gasteiger partial charge in [-0.15, -0.1) is 0 Å². The number of hydrogen-bond donors (Lipinski definition) is 1. The average molecular weight is 401 g/mol. The topological polar surface area (TPSA) is 49.4 Å². The molecule has 1 aliphatic rings. The van der Waals surface area contributed by atoms with E-state index in [0.717, 1.165) is 22.9 Å². The second-order valence-electron chi connectivity index (χ2n) is 6.30. The van der Waals surface area contributed by atoms with Crippen LogP contribution in [0.5, 0.6) is 0 Å². The largest absolute Gasteiger partial charge is 0.349 e. The summed E-state index contributed by atoms with van der Waals surface area (Å²) in [5, 5.41) is 3.07. The number of rotatable bonds is 4. The third-order valence-corrected chi connectivity index (χ3v) is 5.02. The Morgan fingerprint density at radius 2 is 1.64 bits per heavy atom.